The van der Waals surface area contributed by atoms with Crippen LogP contribution >= 0.6 is 0 Å². The summed E-state index contributed by atoms with van der Waals surface area (Å²) in [6, 6.07) is 0.224. The van der Waals surface area contributed by atoms with Crippen LogP contribution in [-0.2, 0) is 0 Å². The molecule has 1 aliphatic rings. The van der Waals surface area contributed by atoms with Gasteiger partial charge in [-0.15, -0.1) is 0 Å². The molecule has 2 heterocycles. The number of hydrogen-bond acceptors (Lipinski definition) is 3. The van der Waals surface area contributed by atoms with E-state index in [0.29, 0.717) is 5.92 Å². The Kier molecular flexibility index (Phi) is 3.99. The molecule has 0 bridgehead atoms. The van der Waals surface area contributed by atoms with Crippen molar-refractivity contribution in [2.45, 2.75) is 46.6 Å². The van der Waals surface area contributed by atoms with Crippen molar-refractivity contribution in [1.29, 1.82) is 0 Å². The Morgan fingerprint density at radius 3 is 2.58 bits per heavy atom. The fourth-order valence-corrected chi connectivity index (χ4v) is 2.93. The molecule has 106 valence electrons. The highest BCUT2D eigenvalue weighted by Crippen LogP contribution is 2.25. The Morgan fingerprint density at radius 1 is 1.37 bits per heavy atom. The first-order valence-corrected chi connectivity index (χ1v) is 7.07. The molecule has 1 aromatic heterocycles. The summed E-state index contributed by atoms with van der Waals surface area (Å²) in [6.07, 6.45) is 1.91. The lowest BCUT2D eigenvalue weighted by atomic mass is 9.90. The molecule has 1 fully saturated rings. The van der Waals surface area contributed by atoms with Crippen LogP contribution in [-0.4, -0.2) is 29.9 Å². The van der Waals surface area contributed by atoms with E-state index < -0.39 is 0 Å². The third kappa shape index (κ3) is 2.54. The highest BCUT2D eigenvalue weighted by Gasteiger charge is 2.31. The summed E-state index contributed by atoms with van der Waals surface area (Å²) in [4.78, 5) is 14.6. The van der Waals surface area contributed by atoms with Crippen LogP contribution in [0.2, 0.25) is 0 Å². The second kappa shape index (κ2) is 5.37. The van der Waals surface area contributed by atoms with Crippen molar-refractivity contribution in [3.05, 3.63) is 22.6 Å². The molecule has 0 aromatic carbocycles. The number of carbonyl (C=O) groups is 1. The third-order valence-corrected chi connectivity index (χ3v) is 4.38. The number of nitrogens with zero attached hydrogens (tertiary/aromatic N) is 1. The van der Waals surface area contributed by atoms with E-state index in [-0.39, 0.29) is 11.9 Å². The molecule has 1 aromatic rings. The van der Waals surface area contributed by atoms with Crippen LogP contribution in [0, 0.1) is 26.7 Å². The van der Waals surface area contributed by atoms with Gasteiger partial charge >= 0.3 is 0 Å². The van der Waals surface area contributed by atoms with Crippen LogP contribution in [0.15, 0.2) is 4.42 Å². The molecule has 2 unspecified atom stereocenters. The second-order valence-electron chi connectivity index (χ2n) is 5.59. The fourth-order valence-electron chi connectivity index (χ4n) is 2.93. The number of hydrogen-bond donors (Lipinski definition) is 1. The van der Waals surface area contributed by atoms with Gasteiger partial charge in [-0.25, -0.2) is 0 Å². The molecule has 4 nitrogen and oxygen atoms in total. The zero-order chi connectivity index (χ0) is 14.2. The summed E-state index contributed by atoms with van der Waals surface area (Å²) in [7, 11) is 0. The van der Waals surface area contributed by atoms with Gasteiger partial charge in [-0.3, -0.25) is 4.79 Å². The second-order valence-corrected chi connectivity index (χ2v) is 5.59. The molecule has 1 saturated heterocycles. The zero-order valence-electron chi connectivity index (χ0n) is 12.3. The Labute approximate surface area is 114 Å². The van der Waals surface area contributed by atoms with Crippen molar-refractivity contribution in [2.24, 2.45) is 11.7 Å². The van der Waals surface area contributed by atoms with E-state index in [1.54, 1.807) is 0 Å². The third-order valence-electron chi connectivity index (χ3n) is 4.38. The quantitative estimate of drug-likeness (QED) is 0.892. The van der Waals surface area contributed by atoms with Crippen molar-refractivity contribution in [3.63, 3.8) is 0 Å². The Balaban J connectivity index is 2.20. The molecule has 0 saturated carbocycles. The minimum absolute atomic E-state index is 0.0946. The van der Waals surface area contributed by atoms with E-state index in [2.05, 4.69) is 6.92 Å². The smallest absolute Gasteiger partial charge is 0.257 e. The largest absolute Gasteiger partial charge is 0.466 e. The maximum atomic E-state index is 12.6. The number of nitrogens with two attached hydrogens (primary N) is 1. The maximum absolute atomic E-state index is 12.6. The molecule has 0 radical (unpaired) electrons. The highest BCUT2D eigenvalue weighted by atomic mass is 16.3. The van der Waals surface area contributed by atoms with Gasteiger partial charge in [0, 0.05) is 24.7 Å². The number of rotatable bonds is 2. The predicted octanol–water partition coefficient (Wildman–Crippen LogP) is 2.40. The number of furan rings is 1. The average Bonchev–Trinajstić information content (AvgIpc) is 2.63. The van der Waals surface area contributed by atoms with E-state index in [9.17, 15) is 4.79 Å². The van der Waals surface area contributed by atoms with Gasteiger partial charge in [0.25, 0.3) is 5.91 Å². The van der Waals surface area contributed by atoms with Crippen LogP contribution in [0.4, 0.5) is 0 Å². The standard InChI is InChI=1S/C15H24N2O2/c1-5-12-8-17(7-6-13(12)16)15(18)14-9(2)10(3)19-11(14)4/h12-13H,5-8,16H2,1-4H3. The van der Waals surface area contributed by atoms with E-state index in [1.807, 2.05) is 25.7 Å². The van der Waals surface area contributed by atoms with Gasteiger partial charge in [-0.2, -0.15) is 0 Å². The van der Waals surface area contributed by atoms with E-state index in [0.717, 1.165) is 48.6 Å². The molecule has 19 heavy (non-hydrogen) atoms. The molecule has 2 N–H and O–H groups in total. The van der Waals surface area contributed by atoms with Crippen LogP contribution in [0.5, 0.6) is 0 Å². The van der Waals surface area contributed by atoms with Crippen LogP contribution in [0.25, 0.3) is 0 Å². The molecular weight excluding hydrogens is 240 g/mol. The molecule has 1 aliphatic heterocycles. The zero-order valence-corrected chi connectivity index (χ0v) is 12.3. The first-order chi connectivity index (χ1) is 8.95. The fraction of sp³-hybridized carbons (Fsp3) is 0.667. The summed E-state index contributed by atoms with van der Waals surface area (Å²) in [5.74, 6) is 2.06. The van der Waals surface area contributed by atoms with Crippen molar-refractivity contribution in [3.8, 4) is 0 Å². The Hall–Kier alpha value is -1.29. The van der Waals surface area contributed by atoms with Gasteiger partial charge in [0.1, 0.15) is 11.5 Å². The summed E-state index contributed by atoms with van der Waals surface area (Å²) in [5.41, 5.74) is 7.80. The van der Waals surface area contributed by atoms with Crippen LogP contribution in [0.1, 0.15) is 47.2 Å². The van der Waals surface area contributed by atoms with Crippen molar-refractivity contribution < 1.29 is 9.21 Å². The number of aryl methyl sites for hydroxylation is 2. The normalized spacial score (nSPS) is 23.7. The molecule has 0 aliphatic carbocycles. The number of amides is 1. The average molecular weight is 264 g/mol. The van der Waals surface area contributed by atoms with Gasteiger partial charge in [0.2, 0.25) is 0 Å². The van der Waals surface area contributed by atoms with E-state index in [4.69, 9.17) is 10.2 Å². The van der Waals surface area contributed by atoms with Crippen molar-refractivity contribution in [1.82, 2.24) is 4.90 Å². The maximum Gasteiger partial charge on any atom is 0.257 e. The first-order valence-electron chi connectivity index (χ1n) is 7.07. The van der Waals surface area contributed by atoms with Crippen LogP contribution in [0.3, 0.4) is 0 Å². The van der Waals surface area contributed by atoms with Gasteiger partial charge in [0.05, 0.1) is 5.56 Å². The monoisotopic (exact) mass is 264 g/mol. The van der Waals surface area contributed by atoms with Crippen molar-refractivity contribution in [2.75, 3.05) is 13.1 Å². The summed E-state index contributed by atoms with van der Waals surface area (Å²) in [6.45, 7) is 9.36. The predicted molar refractivity (Wildman–Crippen MR) is 75.2 cm³/mol. The number of piperidine rings is 1. The van der Waals surface area contributed by atoms with E-state index in [1.165, 1.54) is 0 Å². The van der Waals surface area contributed by atoms with E-state index >= 15 is 0 Å². The Bertz CT molecular complexity index is 479. The van der Waals surface area contributed by atoms with Gasteiger partial charge in [-0.05, 0) is 33.1 Å². The van der Waals surface area contributed by atoms with Crippen molar-refractivity contribution >= 4 is 5.91 Å². The highest BCUT2D eigenvalue weighted by molar-refractivity contribution is 5.97. The molecule has 2 rings (SSSR count). The summed E-state index contributed by atoms with van der Waals surface area (Å²) >= 11 is 0. The van der Waals surface area contributed by atoms with Gasteiger partial charge in [0.15, 0.2) is 0 Å². The lowest BCUT2D eigenvalue weighted by molar-refractivity contribution is 0.0647. The Morgan fingerprint density at radius 2 is 2.05 bits per heavy atom. The first kappa shape index (κ1) is 14.1. The topological polar surface area (TPSA) is 59.5 Å². The molecule has 2 atom stereocenters. The van der Waals surface area contributed by atoms with Gasteiger partial charge < -0.3 is 15.1 Å². The number of likely N-dealkylation sites (tertiary alicyclic amines) is 1. The summed E-state index contributed by atoms with van der Waals surface area (Å²) < 4.78 is 5.56. The summed E-state index contributed by atoms with van der Waals surface area (Å²) in [5, 5.41) is 0. The SMILES string of the molecule is CCC1CN(C(=O)c2c(C)oc(C)c2C)CCC1N. The molecule has 0 spiro atoms. The lowest BCUT2D eigenvalue weighted by Crippen LogP contribution is -2.49. The molecule has 4 heteroatoms. The lowest BCUT2D eigenvalue weighted by Gasteiger charge is -2.36. The van der Waals surface area contributed by atoms with Crippen LogP contribution < -0.4 is 5.73 Å². The molecule has 1 amide bonds. The minimum atomic E-state index is 0.0946. The number of carbonyl (C=O) groups excluding carboxylic acids is 1. The minimum Gasteiger partial charge on any atom is -0.466 e. The van der Waals surface area contributed by atoms with Gasteiger partial charge in [-0.1, -0.05) is 13.3 Å². The molecular formula is C15H24N2O2.